The molecule has 0 spiro atoms. The van der Waals surface area contributed by atoms with Gasteiger partial charge >= 0.3 is 0 Å². The van der Waals surface area contributed by atoms with Crippen molar-refractivity contribution in [2.75, 3.05) is 0 Å². The lowest BCUT2D eigenvalue weighted by atomic mass is 9.92. The average molecular weight is 361 g/mol. The van der Waals surface area contributed by atoms with Crippen LogP contribution in [0.25, 0.3) is 0 Å². The second kappa shape index (κ2) is 6.68. The van der Waals surface area contributed by atoms with Gasteiger partial charge in [-0.3, -0.25) is 14.2 Å². The van der Waals surface area contributed by atoms with E-state index in [1.807, 2.05) is 23.0 Å². The predicted molar refractivity (Wildman–Crippen MR) is 101 cm³/mol. The van der Waals surface area contributed by atoms with Crippen molar-refractivity contribution in [2.24, 2.45) is 0 Å². The molecule has 0 saturated heterocycles. The Hall–Kier alpha value is -2.89. The van der Waals surface area contributed by atoms with Gasteiger partial charge < -0.3 is 5.32 Å². The normalized spacial score (nSPS) is 18.9. The molecule has 5 rings (SSSR count). The molecule has 27 heavy (non-hydrogen) atoms. The van der Waals surface area contributed by atoms with Crippen LogP contribution in [0.3, 0.4) is 0 Å². The molecule has 6 nitrogen and oxygen atoms in total. The standard InChI is InChI=1S/C21H23N5O/c27-21(20-11-12-22-26(20)16-9-10-16)24-18-7-4-8-19-17(18)13-23-25(19)14-15-5-2-1-3-6-15/h1-3,5-6,11-13,16,18H,4,7-10,14H2,(H,24,27). The summed E-state index contributed by atoms with van der Waals surface area (Å²) < 4.78 is 3.95. The molecule has 1 atom stereocenters. The number of benzene rings is 1. The maximum atomic E-state index is 12.8. The maximum Gasteiger partial charge on any atom is 0.270 e. The minimum Gasteiger partial charge on any atom is -0.344 e. The minimum absolute atomic E-state index is 0.0216. The summed E-state index contributed by atoms with van der Waals surface area (Å²) in [5.74, 6) is -0.0342. The van der Waals surface area contributed by atoms with Crippen LogP contribution >= 0.6 is 0 Å². The van der Waals surface area contributed by atoms with Crippen molar-refractivity contribution in [3.05, 3.63) is 71.3 Å². The lowest BCUT2D eigenvalue weighted by Crippen LogP contribution is -2.32. The van der Waals surface area contributed by atoms with Crippen LogP contribution in [0.1, 0.15) is 65.1 Å². The van der Waals surface area contributed by atoms with Crippen LogP contribution in [0.15, 0.2) is 48.8 Å². The van der Waals surface area contributed by atoms with Gasteiger partial charge in [0, 0.05) is 17.5 Å². The van der Waals surface area contributed by atoms with Gasteiger partial charge in [-0.1, -0.05) is 30.3 Å². The molecule has 2 aromatic heterocycles. The smallest absolute Gasteiger partial charge is 0.270 e. The molecule has 1 unspecified atom stereocenters. The first-order chi connectivity index (χ1) is 13.3. The highest BCUT2D eigenvalue weighted by molar-refractivity contribution is 5.92. The fourth-order valence-electron chi connectivity index (χ4n) is 4.00. The van der Waals surface area contributed by atoms with Gasteiger partial charge in [0.25, 0.3) is 5.91 Å². The molecule has 1 amide bonds. The molecule has 6 heteroatoms. The first-order valence-electron chi connectivity index (χ1n) is 9.72. The van der Waals surface area contributed by atoms with Crippen molar-refractivity contribution >= 4 is 5.91 Å². The largest absolute Gasteiger partial charge is 0.344 e. The molecular formula is C21H23N5O. The Labute approximate surface area is 158 Å². The lowest BCUT2D eigenvalue weighted by Gasteiger charge is -2.24. The van der Waals surface area contributed by atoms with E-state index in [1.54, 1.807) is 6.20 Å². The van der Waals surface area contributed by atoms with Gasteiger partial charge in [-0.15, -0.1) is 0 Å². The Morgan fingerprint density at radius 1 is 1.11 bits per heavy atom. The molecular weight excluding hydrogens is 338 g/mol. The number of amides is 1. The van der Waals surface area contributed by atoms with Crippen molar-refractivity contribution in [3.8, 4) is 0 Å². The van der Waals surface area contributed by atoms with E-state index in [9.17, 15) is 4.79 Å². The van der Waals surface area contributed by atoms with E-state index >= 15 is 0 Å². The summed E-state index contributed by atoms with van der Waals surface area (Å²) in [4.78, 5) is 12.8. The van der Waals surface area contributed by atoms with Gasteiger partial charge in [-0.25, -0.2) is 0 Å². The monoisotopic (exact) mass is 361 g/mol. The number of rotatable bonds is 5. The lowest BCUT2D eigenvalue weighted by molar-refractivity contribution is 0.0921. The van der Waals surface area contributed by atoms with Crippen molar-refractivity contribution in [1.29, 1.82) is 0 Å². The molecule has 2 aliphatic carbocycles. The van der Waals surface area contributed by atoms with Crippen molar-refractivity contribution in [3.63, 3.8) is 0 Å². The predicted octanol–water partition coefficient (Wildman–Crippen LogP) is 3.27. The van der Waals surface area contributed by atoms with Gasteiger partial charge in [0.1, 0.15) is 5.69 Å². The number of nitrogens with one attached hydrogen (secondary N) is 1. The average Bonchev–Trinajstić information content (AvgIpc) is 3.27. The van der Waals surface area contributed by atoms with Gasteiger partial charge in [-0.2, -0.15) is 10.2 Å². The molecule has 2 aliphatic rings. The van der Waals surface area contributed by atoms with Crippen LogP contribution in [0.5, 0.6) is 0 Å². The van der Waals surface area contributed by atoms with Crippen LogP contribution < -0.4 is 5.32 Å². The summed E-state index contributed by atoms with van der Waals surface area (Å²) in [5.41, 5.74) is 4.30. The third-order valence-corrected chi connectivity index (χ3v) is 5.54. The molecule has 1 N–H and O–H groups in total. The summed E-state index contributed by atoms with van der Waals surface area (Å²) >= 11 is 0. The van der Waals surface area contributed by atoms with Crippen LogP contribution in [-0.2, 0) is 13.0 Å². The minimum atomic E-state index is -0.0342. The van der Waals surface area contributed by atoms with E-state index in [4.69, 9.17) is 0 Å². The second-order valence-corrected chi connectivity index (χ2v) is 7.50. The number of hydrogen-bond acceptors (Lipinski definition) is 3. The van der Waals surface area contributed by atoms with Crippen molar-refractivity contribution < 1.29 is 4.79 Å². The number of fused-ring (bicyclic) bond motifs is 1. The van der Waals surface area contributed by atoms with E-state index in [1.165, 1.54) is 11.3 Å². The zero-order valence-corrected chi connectivity index (χ0v) is 15.2. The van der Waals surface area contributed by atoms with Gasteiger partial charge in [0.05, 0.1) is 24.8 Å². The Morgan fingerprint density at radius 3 is 2.78 bits per heavy atom. The van der Waals surface area contributed by atoms with Crippen LogP contribution in [0, 0.1) is 0 Å². The van der Waals surface area contributed by atoms with Gasteiger partial charge in [-0.05, 0) is 43.7 Å². The number of hydrogen-bond donors (Lipinski definition) is 1. The molecule has 1 aromatic carbocycles. The highest BCUT2D eigenvalue weighted by Crippen LogP contribution is 2.35. The number of nitrogens with zero attached hydrogens (tertiary/aromatic N) is 4. The zero-order valence-electron chi connectivity index (χ0n) is 15.2. The summed E-state index contributed by atoms with van der Waals surface area (Å²) in [5, 5.41) is 12.2. The Bertz CT molecular complexity index is 954. The molecule has 0 bridgehead atoms. The maximum absolute atomic E-state index is 12.8. The number of carbonyl (C=O) groups is 1. The molecule has 0 aliphatic heterocycles. The summed E-state index contributed by atoms with van der Waals surface area (Å²) in [6.07, 6.45) is 8.89. The zero-order chi connectivity index (χ0) is 18.2. The van der Waals surface area contributed by atoms with E-state index in [2.05, 4.69) is 44.5 Å². The Balaban J connectivity index is 1.35. The summed E-state index contributed by atoms with van der Waals surface area (Å²) in [7, 11) is 0. The van der Waals surface area contributed by atoms with Gasteiger partial charge in [0.2, 0.25) is 0 Å². The van der Waals surface area contributed by atoms with E-state index in [0.717, 1.165) is 44.2 Å². The molecule has 3 aromatic rings. The first kappa shape index (κ1) is 16.3. The molecule has 138 valence electrons. The third-order valence-electron chi connectivity index (χ3n) is 5.54. The first-order valence-corrected chi connectivity index (χ1v) is 9.72. The summed E-state index contributed by atoms with van der Waals surface area (Å²) in [6.45, 7) is 0.769. The van der Waals surface area contributed by atoms with Crippen LogP contribution in [0.4, 0.5) is 0 Å². The van der Waals surface area contributed by atoms with Crippen molar-refractivity contribution in [2.45, 2.75) is 50.7 Å². The quantitative estimate of drug-likeness (QED) is 0.758. The summed E-state index contributed by atoms with van der Waals surface area (Å²) in [6, 6.07) is 12.6. The Morgan fingerprint density at radius 2 is 1.96 bits per heavy atom. The molecule has 1 saturated carbocycles. The highest BCUT2D eigenvalue weighted by atomic mass is 16.2. The molecule has 2 heterocycles. The topological polar surface area (TPSA) is 64.7 Å². The third kappa shape index (κ3) is 3.16. The van der Waals surface area contributed by atoms with Crippen LogP contribution in [0.2, 0.25) is 0 Å². The number of aromatic nitrogens is 4. The molecule has 1 fully saturated rings. The van der Waals surface area contributed by atoms with E-state index in [-0.39, 0.29) is 11.9 Å². The van der Waals surface area contributed by atoms with Gasteiger partial charge in [0.15, 0.2) is 0 Å². The second-order valence-electron chi connectivity index (χ2n) is 7.50. The molecule has 0 radical (unpaired) electrons. The van der Waals surface area contributed by atoms with E-state index < -0.39 is 0 Å². The highest BCUT2D eigenvalue weighted by Gasteiger charge is 2.30. The number of carbonyl (C=O) groups excluding carboxylic acids is 1. The SMILES string of the molecule is O=C(NC1CCCc2c1cnn2Cc1ccccc1)c1ccnn1C1CC1. The fourth-order valence-corrected chi connectivity index (χ4v) is 4.00. The Kier molecular flexibility index (Phi) is 4.03. The van der Waals surface area contributed by atoms with Crippen molar-refractivity contribution in [1.82, 2.24) is 24.9 Å². The van der Waals surface area contributed by atoms with Crippen LogP contribution in [-0.4, -0.2) is 25.5 Å². The fraction of sp³-hybridized carbons (Fsp3) is 0.381. The van der Waals surface area contributed by atoms with E-state index in [0.29, 0.717) is 11.7 Å².